The van der Waals surface area contributed by atoms with E-state index in [0.717, 1.165) is 11.3 Å². The zero-order valence-electron chi connectivity index (χ0n) is 9.47. The van der Waals surface area contributed by atoms with Crippen molar-refractivity contribution >= 4 is 22.5 Å². The maximum absolute atomic E-state index is 8.69. The molecule has 0 aromatic heterocycles. The van der Waals surface area contributed by atoms with E-state index in [-0.39, 0.29) is 0 Å². The highest BCUT2D eigenvalue weighted by atomic mass is 35.5. The topological polar surface area (TPSA) is 48.2 Å². The predicted molar refractivity (Wildman–Crippen MR) is 73.6 cm³/mol. The van der Waals surface area contributed by atoms with Crippen molar-refractivity contribution in [2.45, 2.75) is 0 Å². The number of hydrogen-bond acceptors (Lipinski definition) is 3. The molecule has 2 rings (SSSR count). The van der Waals surface area contributed by atoms with Crippen LogP contribution < -0.4 is 5.43 Å². The van der Waals surface area contributed by atoms with Crippen LogP contribution in [0.3, 0.4) is 0 Å². The van der Waals surface area contributed by atoms with Crippen molar-refractivity contribution in [1.82, 2.24) is 0 Å². The third-order valence-corrected chi connectivity index (χ3v) is 2.61. The van der Waals surface area contributed by atoms with Gasteiger partial charge in [-0.25, -0.2) is 0 Å². The minimum Gasteiger partial charge on any atom is -0.277 e. The van der Waals surface area contributed by atoms with Crippen LogP contribution in [-0.2, 0) is 0 Å². The normalized spacial score (nSPS) is 10.8. The summed E-state index contributed by atoms with van der Waals surface area (Å²) < 4.78 is 0. The first-order chi connectivity index (χ1) is 8.79. The van der Waals surface area contributed by atoms with Gasteiger partial charge in [0.15, 0.2) is 5.17 Å². The van der Waals surface area contributed by atoms with Crippen molar-refractivity contribution in [3.05, 3.63) is 65.7 Å². The Labute approximate surface area is 110 Å². The number of benzene rings is 2. The van der Waals surface area contributed by atoms with Gasteiger partial charge in [0.25, 0.3) is 0 Å². The first-order valence-electron chi connectivity index (χ1n) is 5.34. The Balaban J connectivity index is 2.11. The van der Waals surface area contributed by atoms with Gasteiger partial charge in [0.1, 0.15) is 0 Å². The second-order valence-corrected chi connectivity index (χ2v) is 3.93. The highest BCUT2D eigenvalue weighted by Gasteiger charge is 2.00. The molecule has 4 heteroatoms. The van der Waals surface area contributed by atoms with E-state index >= 15 is 0 Å². The summed E-state index contributed by atoms with van der Waals surface area (Å²) in [7, 11) is 0. The lowest BCUT2D eigenvalue weighted by molar-refractivity contribution is 1.34. The average Bonchev–Trinajstić information content (AvgIpc) is 2.46. The molecule has 0 atom stereocenters. The predicted octanol–water partition coefficient (Wildman–Crippen LogP) is 3.57. The van der Waals surface area contributed by atoms with E-state index in [4.69, 9.17) is 16.9 Å². The molecule has 3 nitrogen and oxygen atoms in total. The molecule has 0 bridgehead atoms. The molecule has 0 saturated heterocycles. The lowest BCUT2D eigenvalue weighted by Crippen LogP contribution is -1.97. The monoisotopic (exact) mass is 255 g/mol. The summed E-state index contributed by atoms with van der Waals surface area (Å²) in [5.74, 6) is 0. The van der Waals surface area contributed by atoms with Gasteiger partial charge in [-0.05, 0) is 24.3 Å². The lowest BCUT2D eigenvalue weighted by Gasteiger charge is -2.01. The largest absolute Gasteiger partial charge is 0.277 e. The summed E-state index contributed by atoms with van der Waals surface area (Å²) >= 11 is 6.06. The minimum atomic E-state index is 0.350. The molecule has 18 heavy (non-hydrogen) atoms. The number of nitriles is 1. The molecule has 0 saturated carbocycles. The summed E-state index contributed by atoms with van der Waals surface area (Å²) in [6.45, 7) is 0. The number of para-hydroxylation sites is 1. The van der Waals surface area contributed by atoms with Crippen LogP contribution >= 0.6 is 11.6 Å². The van der Waals surface area contributed by atoms with Crippen molar-refractivity contribution in [1.29, 1.82) is 5.26 Å². The number of anilines is 1. The van der Waals surface area contributed by atoms with E-state index < -0.39 is 0 Å². The summed E-state index contributed by atoms with van der Waals surface area (Å²) in [6.07, 6.45) is 0. The molecule has 0 fully saturated rings. The Kier molecular flexibility index (Phi) is 3.95. The van der Waals surface area contributed by atoms with Crippen LogP contribution in [0, 0.1) is 11.3 Å². The molecule has 0 aliphatic carbocycles. The fourth-order valence-corrected chi connectivity index (χ4v) is 1.54. The number of halogens is 1. The number of rotatable bonds is 3. The lowest BCUT2D eigenvalue weighted by atomic mass is 10.2. The first kappa shape index (κ1) is 12.2. The van der Waals surface area contributed by atoms with Gasteiger partial charge in [-0.1, -0.05) is 41.9 Å². The van der Waals surface area contributed by atoms with E-state index in [1.807, 2.05) is 30.3 Å². The number of hydrazone groups is 1. The van der Waals surface area contributed by atoms with E-state index in [1.165, 1.54) is 0 Å². The summed E-state index contributed by atoms with van der Waals surface area (Å²) in [5.41, 5.74) is 5.09. The maximum atomic E-state index is 8.69. The first-order valence-corrected chi connectivity index (χ1v) is 5.72. The van der Waals surface area contributed by atoms with Crippen LogP contribution in [0.25, 0.3) is 0 Å². The van der Waals surface area contributed by atoms with Crippen molar-refractivity contribution in [3.63, 3.8) is 0 Å². The van der Waals surface area contributed by atoms with E-state index in [9.17, 15) is 0 Å². The van der Waals surface area contributed by atoms with Crippen LogP contribution in [0.2, 0.25) is 0 Å². The molecule has 1 N–H and O–H groups in total. The van der Waals surface area contributed by atoms with Crippen LogP contribution in [-0.4, -0.2) is 5.17 Å². The standard InChI is InChI=1S/C14H10ClN3/c15-14(12-8-6-11(10-16)7-9-12)18-17-13-4-2-1-3-5-13/h1-9,17H. The molecule has 0 aliphatic heterocycles. The molecule has 2 aromatic rings. The zero-order valence-corrected chi connectivity index (χ0v) is 10.2. The minimum absolute atomic E-state index is 0.350. The van der Waals surface area contributed by atoms with Gasteiger partial charge in [0.05, 0.1) is 17.3 Å². The van der Waals surface area contributed by atoms with Gasteiger partial charge in [-0.15, -0.1) is 0 Å². The molecule has 0 aliphatic rings. The van der Waals surface area contributed by atoms with E-state index in [2.05, 4.69) is 16.6 Å². The quantitative estimate of drug-likeness (QED) is 0.673. The van der Waals surface area contributed by atoms with Gasteiger partial charge in [-0.2, -0.15) is 10.4 Å². The highest BCUT2D eigenvalue weighted by Crippen LogP contribution is 2.10. The molecule has 0 spiro atoms. The maximum Gasteiger partial charge on any atom is 0.156 e. The Hall–Kier alpha value is -2.31. The smallest absolute Gasteiger partial charge is 0.156 e. The molecular formula is C14H10ClN3. The fraction of sp³-hybridized carbons (Fsp3) is 0. The van der Waals surface area contributed by atoms with Gasteiger partial charge >= 0.3 is 0 Å². The highest BCUT2D eigenvalue weighted by molar-refractivity contribution is 6.69. The third kappa shape index (κ3) is 3.09. The van der Waals surface area contributed by atoms with Crippen LogP contribution in [0.4, 0.5) is 5.69 Å². The second kappa shape index (κ2) is 5.85. The van der Waals surface area contributed by atoms with Crippen LogP contribution in [0.5, 0.6) is 0 Å². The molecule has 0 amide bonds. The van der Waals surface area contributed by atoms with E-state index in [0.29, 0.717) is 10.7 Å². The van der Waals surface area contributed by atoms with Crippen molar-refractivity contribution in [2.75, 3.05) is 5.43 Å². The molecule has 0 heterocycles. The molecular weight excluding hydrogens is 246 g/mol. The molecule has 0 unspecified atom stereocenters. The number of nitrogens with zero attached hydrogens (tertiary/aromatic N) is 2. The van der Waals surface area contributed by atoms with Gasteiger partial charge in [0, 0.05) is 5.56 Å². The second-order valence-electron chi connectivity index (χ2n) is 3.57. The Morgan fingerprint density at radius 1 is 1.06 bits per heavy atom. The molecule has 2 aromatic carbocycles. The third-order valence-electron chi connectivity index (χ3n) is 2.31. The van der Waals surface area contributed by atoms with Crippen molar-refractivity contribution in [2.24, 2.45) is 5.10 Å². The molecule has 88 valence electrons. The summed E-state index contributed by atoms with van der Waals surface area (Å²) in [6, 6.07) is 18.5. The Morgan fingerprint density at radius 3 is 2.33 bits per heavy atom. The number of nitrogens with one attached hydrogen (secondary N) is 1. The number of hydrogen-bond donors (Lipinski definition) is 1. The van der Waals surface area contributed by atoms with Gasteiger partial charge in [0.2, 0.25) is 0 Å². The fourth-order valence-electron chi connectivity index (χ4n) is 1.37. The van der Waals surface area contributed by atoms with Crippen LogP contribution in [0.1, 0.15) is 11.1 Å². The van der Waals surface area contributed by atoms with Gasteiger partial charge in [-0.3, -0.25) is 5.43 Å². The van der Waals surface area contributed by atoms with Gasteiger partial charge < -0.3 is 0 Å². The summed E-state index contributed by atoms with van der Waals surface area (Å²) in [4.78, 5) is 0. The van der Waals surface area contributed by atoms with Crippen LogP contribution in [0.15, 0.2) is 59.7 Å². The molecule has 0 radical (unpaired) electrons. The SMILES string of the molecule is N#Cc1ccc(C(Cl)=NNc2ccccc2)cc1. The van der Waals surface area contributed by atoms with Crippen molar-refractivity contribution in [3.8, 4) is 6.07 Å². The Morgan fingerprint density at radius 2 is 1.72 bits per heavy atom. The van der Waals surface area contributed by atoms with E-state index in [1.54, 1.807) is 24.3 Å². The summed E-state index contributed by atoms with van der Waals surface area (Å²) in [5, 5.41) is 13.1. The zero-order chi connectivity index (χ0) is 12.8. The Bertz CT molecular complexity index is 583. The van der Waals surface area contributed by atoms with Crippen molar-refractivity contribution < 1.29 is 0 Å². The average molecular weight is 256 g/mol.